The first kappa shape index (κ1) is 25.2. The minimum Gasteiger partial charge on any atom is -0.404 e. The summed E-state index contributed by atoms with van der Waals surface area (Å²) in [6.07, 6.45) is -4.96. The number of halogens is 3. The summed E-state index contributed by atoms with van der Waals surface area (Å²) in [5.41, 5.74) is 1.62. The molecule has 2 aromatic carbocycles. The minimum atomic E-state index is -4.96. The fourth-order valence-electron chi connectivity index (χ4n) is 3.72. The molecule has 1 aromatic heterocycles. The second kappa shape index (κ2) is 10.8. The number of rotatable bonds is 7. The van der Waals surface area contributed by atoms with E-state index < -0.39 is 23.9 Å². The molecule has 0 radical (unpaired) electrons. The van der Waals surface area contributed by atoms with E-state index >= 15 is 0 Å². The van der Waals surface area contributed by atoms with Crippen molar-refractivity contribution in [1.82, 2.24) is 14.7 Å². The van der Waals surface area contributed by atoms with Gasteiger partial charge in [0.25, 0.3) is 5.91 Å². The van der Waals surface area contributed by atoms with Crippen molar-refractivity contribution in [2.45, 2.75) is 6.36 Å². The Morgan fingerprint density at radius 3 is 2.47 bits per heavy atom. The van der Waals surface area contributed by atoms with E-state index in [-0.39, 0.29) is 23.6 Å². The predicted molar refractivity (Wildman–Crippen MR) is 126 cm³/mol. The summed E-state index contributed by atoms with van der Waals surface area (Å²) in [7, 11) is 1.70. The summed E-state index contributed by atoms with van der Waals surface area (Å²) >= 11 is 0. The van der Waals surface area contributed by atoms with Crippen LogP contribution in [-0.4, -0.2) is 65.7 Å². The van der Waals surface area contributed by atoms with Crippen LogP contribution in [0.2, 0.25) is 0 Å². The average Bonchev–Trinajstić information content (AvgIpc) is 3.23. The molecular formula is C24H24F3N5O4. The Hall–Kier alpha value is -3.90. The quantitative estimate of drug-likeness (QED) is 0.512. The van der Waals surface area contributed by atoms with E-state index in [0.717, 1.165) is 11.6 Å². The molecule has 190 valence electrons. The van der Waals surface area contributed by atoms with Crippen LogP contribution in [0.3, 0.4) is 0 Å². The highest BCUT2D eigenvalue weighted by Crippen LogP contribution is 2.33. The second-order valence-corrected chi connectivity index (χ2v) is 8.05. The second-order valence-electron chi connectivity index (χ2n) is 8.05. The number of hydrogen-bond acceptors (Lipinski definition) is 6. The lowest BCUT2D eigenvalue weighted by atomic mass is 10.1. The number of aryl methyl sites for hydroxylation is 1. The molecule has 0 bridgehead atoms. The van der Waals surface area contributed by atoms with Gasteiger partial charge in [0.2, 0.25) is 5.91 Å². The number of aromatic nitrogens is 2. The van der Waals surface area contributed by atoms with Crippen molar-refractivity contribution in [1.29, 1.82) is 0 Å². The molecule has 1 saturated heterocycles. The molecule has 12 heteroatoms. The monoisotopic (exact) mass is 503 g/mol. The number of ether oxygens (including phenoxy) is 2. The van der Waals surface area contributed by atoms with Crippen LogP contribution >= 0.6 is 0 Å². The van der Waals surface area contributed by atoms with E-state index in [1.165, 1.54) is 12.1 Å². The molecule has 36 heavy (non-hydrogen) atoms. The molecule has 0 unspecified atom stereocenters. The number of amides is 2. The highest BCUT2D eigenvalue weighted by molar-refractivity contribution is 6.04. The topological polar surface area (TPSA) is 97.7 Å². The number of anilines is 2. The molecule has 1 fully saturated rings. The Bertz CT molecular complexity index is 1220. The fraction of sp³-hybridized carbons (Fsp3) is 0.292. The Morgan fingerprint density at radius 1 is 1.06 bits per heavy atom. The Balaban J connectivity index is 1.51. The molecule has 0 aliphatic carbocycles. The van der Waals surface area contributed by atoms with E-state index in [2.05, 4.69) is 20.5 Å². The van der Waals surface area contributed by atoms with Crippen molar-refractivity contribution >= 4 is 23.2 Å². The summed E-state index contributed by atoms with van der Waals surface area (Å²) in [5.74, 6) is -1.69. The first-order chi connectivity index (χ1) is 17.2. The van der Waals surface area contributed by atoms with Gasteiger partial charge in [-0.3, -0.25) is 19.2 Å². The summed E-state index contributed by atoms with van der Waals surface area (Å²) in [5, 5.41) is 9.29. The van der Waals surface area contributed by atoms with Crippen LogP contribution in [0, 0.1) is 0 Å². The van der Waals surface area contributed by atoms with Crippen molar-refractivity contribution in [2.75, 3.05) is 43.5 Å². The molecule has 0 atom stereocenters. The maximum atomic E-state index is 12.9. The molecule has 9 nitrogen and oxygen atoms in total. The summed E-state index contributed by atoms with van der Waals surface area (Å²) in [6.45, 7) is 1.98. The number of hydrogen-bond donors (Lipinski definition) is 2. The molecule has 3 aromatic rings. The summed E-state index contributed by atoms with van der Waals surface area (Å²) in [4.78, 5) is 27.1. The molecule has 1 aliphatic rings. The maximum absolute atomic E-state index is 12.9. The van der Waals surface area contributed by atoms with Crippen LogP contribution in [0.25, 0.3) is 11.3 Å². The summed E-state index contributed by atoms with van der Waals surface area (Å²) in [6, 6.07) is 14.4. The Labute approximate surface area is 204 Å². The van der Waals surface area contributed by atoms with E-state index in [4.69, 9.17) is 4.74 Å². The molecule has 4 rings (SSSR count). The zero-order chi connectivity index (χ0) is 25.7. The third-order valence-electron chi connectivity index (χ3n) is 5.39. The highest BCUT2D eigenvalue weighted by Gasteiger charge is 2.32. The maximum Gasteiger partial charge on any atom is 0.573 e. The van der Waals surface area contributed by atoms with Crippen LogP contribution in [0.4, 0.5) is 24.5 Å². The lowest BCUT2D eigenvalue weighted by Crippen LogP contribution is -2.41. The molecular weight excluding hydrogens is 479 g/mol. The standard InChI is InChI=1S/C24H24F3N5O4/c1-31-20(16-5-3-2-4-6-16)14-19(30-31)23(34)28-17-7-8-21(36-24(25,26)27)18(13-17)29-22(33)15-32-9-11-35-12-10-32/h2-8,13-14H,9-12,15H2,1H3,(H,28,34)(H,29,33). The normalized spacial score (nSPS) is 14.3. The molecule has 0 spiro atoms. The first-order valence-electron chi connectivity index (χ1n) is 11.1. The van der Waals surface area contributed by atoms with Crippen LogP contribution in [-0.2, 0) is 16.6 Å². The van der Waals surface area contributed by atoms with Gasteiger partial charge in [-0.25, -0.2) is 0 Å². The number of carbonyl (C=O) groups is 2. The SMILES string of the molecule is Cn1nc(C(=O)Nc2ccc(OC(F)(F)F)c(NC(=O)CN3CCOCC3)c2)cc1-c1ccccc1. The van der Waals surface area contributed by atoms with Gasteiger partial charge in [0.05, 0.1) is 31.1 Å². The van der Waals surface area contributed by atoms with Crippen LogP contribution in [0.5, 0.6) is 5.75 Å². The van der Waals surface area contributed by atoms with Crippen molar-refractivity contribution in [3.8, 4) is 17.0 Å². The number of nitrogens with zero attached hydrogens (tertiary/aromatic N) is 3. The summed E-state index contributed by atoms with van der Waals surface area (Å²) < 4.78 is 49.6. The molecule has 1 aliphatic heterocycles. The van der Waals surface area contributed by atoms with E-state index in [0.29, 0.717) is 32.0 Å². The van der Waals surface area contributed by atoms with Crippen molar-refractivity contribution in [3.63, 3.8) is 0 Å². The van der Waals surface area contributed by atoms with E-state index in [1.54, 1.807) is 17.8 Å². The smallest absolute Gasteiger partial charge is 0.404 e. The van der Waals surface area contributed by atoms with Crippen molar-refractivity contribution in [3.05, 3.63) is 60.3 Å². The lowest BCUT2D eigenvalue weighted by molar-refractivity contribution is -0.274. The van der Waals surface area contributed by atoms with Gasteiger partial charge >= 0.3 is 6.36 Å². The predicted octanol–water partition coefficient (Wildman–Crippen LogP) is 3.51. The van der Waals surface area contributed by atoms with Gasteiger partial charge in [0, 0.05) is 25.8 Å². The zero-order valence-electron chi connectivity index (χ0n) is 19.3. The number of carbonyl (C=O) groups excluding carboxylic acids is 2. The van der Waals surface area contributed by atoms with Crippen LogP contribution in [0.1, 0.15) is 10.5 Å². The third-order valence-corrected chi connectivity index (χ3v) is 5.39. The molecule has 2 N–H and O–H groups in total. The number of alkyl halides is 3. The number of morpholine rings is 1. The van der Waals surface area contributed by atoms with Gasteiger partial charge in [-0.05, 0) is 29.8 Å². The average molecular weight is 503 g/mol. The van der Waals surface area contributed by atoms with E-state index in [9.17, 15) is 22.8 Å². The number of nitrogens with one attached hydrogen (secondary N) is 2. The largest absolute Gasteiger partial charge is 0.573 e. The number of benzene rings is 2. The van der Waals surface area contributed by atoms with Gasteiger partial charge in [-0.15, -0.1) is 13.2 Å². The molecule has 2 heterocycles. The third kappa shape index (κ3) is 6.61. The van der Waals surface area contributed by atoms with Gasteiger partial charge in [-0.1, -0.05) is 30.3 Å². The highest BCUT2D eigenvalue weighted by atomic mass is 19.4. The first-order valence-corrected chi connectivity index (χ1v) is 11.1. The van der Waals surface area contributed by atoms with Gasteiger partial charge in [0.15, 0.2) is 11.4 Å². The van der Waals surface area contributed by atoms with Gasteiger partial charge in [-0.2, -0.15) is 5.10 Å². The van der Waals surface area contributed by atoms with Crippen LogP contribution < -0.4 is 15.4 Å². The van der Waals surface area contributed by atoms with Crippen molar-refractivity contribution < 1.29 is 32.2 Å². The minimum absolute atomic E-state index is 0.0262. The fourth-order valence-corrected chi connectivity index (χ4v) is 3.72. The van der Waals surface area contributed by atoms with Gasteiger partial charge in [0.1, 0.15) is 0 Å². The molecule has 2 amide bonds. The van der Waals surface area contributed by atoms with Gasteiger partial charge < -0.3 is 20.1 Å². The van der Waals surface area contributed by atoms with E-state index in [1.807, 2.05) is 35.2 Å². The Kier molecular flexibility index (Phi) is 7.55. The van der Waals surface area contributed by atoms with Crippen LogP contribution in [0.15, 0.2) is 54.6 Å². The Morgan fingerprint density at radius 2 is 1.78 bits per heavy atom. The zero-order valence-corrected chi connectivity index (χ0v) is 19.3. The van der Waals surface area contributed by atoms with Crippen molar-refractivity contribution in [2.24, 2.45) is 7.05 Å². The molecule has 0 saturated carbocycles. The lowest BCUT2D eigenvalue weighted by Gasteiger charge is -2.26.